The molecule has 4 rings (SSSR count). The molecule has 0 unspecified atom stereocenters. The number of hydrogen-bond acceptors (Lipinski definition) is 7. The number of nitrogens with zero attached hydrogens (tertiary/aromatic N) is 4. The first-order chi connectivity index (χ1) is 13.6. The summed E-state index contributed by atoms with van der Waals surface area (Å²) in [7, 11) is 4.75. The van der Waals surface area contributed by atoms with Crippen LogP contribution in [-0.4, -0.2) is 47.7 Å². The van der Waals surface area contributed by atoms with E-state index in [4.69, 9.17) is 19.3 Å². The Kier molecular flexibility index (Phi) is 4.95. The predicted octanol–water partition coefficient (Wildman–Crippen LogP) is 3.64. The Bertz CT molecular complexity index is 1020. The van der Waals surface area contributed by atoms with Crippen LogP contribution in [0.3, 0.4) is 0 Å². The fraction of sp³-hybridized carbons (Fsp3) is 0.250. The highest BCUT2D eigenvalue weighted by Crippen LogP contribution is 2.41. The van der Waals surface area contributed by atoms with E-state index in [0.29, 0.717) is 23.1 Å². The lowest BCUT2D eigenvalue weighted by atomic mass is 10.1. The molecule has 0 atom stereocenters. The topological polar surface area (TPSA) is 70.8 Å². The number of fused-ring (bicyclic) bond motifs is 1. The molecule has 1 aliphatic heterocycles. The zero-order valence-electron chi connectivity index (χ0n) is 16.1. The van der Waals surface area contributed by atoms with Crippen LogP contribution in [0.5, 0.6) is 17.2 Å². The molecular formula is C20H20N4O3S. The van der Waals surface area contributed by atoms with Crippen molar-refractivity contribution in [3.8, 4) is 28.6 Å². The number of rotatable bonds is 5. The summed E-state index contributed by atoms with van der Waals surface area (Å²) in [5.41, 5.74) is 4.07. The molecule has 2 aromatic carbocycles. The van der Waals surface area contributed by atoms with Crippen molar-refractivity contribution in [1.29, 1.82) is 0 Å². The summed E-state index contributed by atoms with van der Waals surface area (Å²) in [6.07, 6.45) is 0. The van der Waals surface area contributed by atoms with Crippen LogP contribution in [-0.2, 0) is 0 Å². The van der Waals surface area contributed by atoms with Gasteiger partial charge in [-0.1, -0.05) is 41.6 Å². The van der Waals surface area contributed by atoms with Crippen molar-refractivity contribution in [1.82, 2.24) is 14.9 Å². The molecule has 0 radical (unpaired) electrons. The van der Waals surface area contributed by atoms with Gasteiger partial charge in [0.05, 0.1) is 27.0 Å². The van der Waals surface area contributed by atoms with Gasteiger partial charge in [0, 0.05) is 11.3 Å². The van der Waals surface area contributed by atoms with E-state index in [2.05, 4.69) is 41.4 Å². The van der Waals surface area contributed by atoms with Crippen molar-refractivity contribution in [2.45, 2.75) is 12.1 Å². The van der Waals surface area contributed by atoms with Gasteiger partial charge in [0.25, 0.3) is 0 Å². The van der Waals surface area contributed by atoms with Crippen LogP contribution < -0.4 is 14.2 Å². The van der Waals surface area contributed by atoms with E-state index in [1.807, 2.05) is 12.1 Å². The molecule has 1 aromatic heterocycles. The van der Waals surface area contributed by atoms with Crippen molar-refractivity contribution in [2.24, 2.45) is 5.10 Å². The Morgan fingerprint density at radius 1 is 0.893 bits per heavy atom. The summed E-state index contributed by atoms with van der Waals surface area (Å²) in [5, 5.41) is 14.2. The standard InChI is InChI=1S/C20H20N4O3S/c1-12-5-7-13(8-6-12)15-11-28-20-22-21-19(24(20)23-15)14-9-16(25-2)18(27-4)17(10-14)26-3/h5-10H,11H2,1-4H3. The fourth-order valence-corrected chi connectivity index (χ4v) is 3.84. The molecular weight excluding hydrogens is 376 g/mol. The van der Waals surface area contributed by atoms with Gasteiger partial charge in [-0.25, -0.2) is 0 Å². The second-order valence-corrected chi connectivity index (χ2v) is 7.18. The Balaban J connectivity index is 1.81. The van der Waals surface area contributed by atoms with Crippen molar-refractivity contribution in [3.63, 3.8) is 0 Å². The molecule has 0 spiro atoms. The molecule has 0 N–H and O–H groups in total. The molecule has 144 valence electrons. The number of aromatic nitrogens is 3. The summed E-state index contributed by atoms with van der Waals surface area (Å²) in [6, 6.07) is 12.0. The monoisotopic (exact) mass is 396 g/mol. The molecule has 0 saturated carbocycles. The van der Waals surface area contributed by atoms with Gasteiger partial charge in [-0.2, -0.15) is 9.78 Å². The first-order valence-corrected chi connectivity index (χ1v) is 9.66. The van der Waals surface area contributed by atoms with E-state index in [1.54, 1.807) is 37.8 Å². The Labute approximate surface area is 167 Å². The van der Waals surface area contributed by atoms with Gasteiger partial charge in [-0.3, -0.25) is 0 Å². The minimum absolute atomic E-state index is 0.533. The maximum absolute atomic E-state index is 5.46. The first-order valence-electron chi connectivity index (χ1n) is 8.68. The number of benzene rings is 2. The van der Waals surface area contributed by atoms with E-state index in [1.165, 1.54) is 5.56 Å². The second kappa shape index (κ2) is 7.55. The van der Waals surface area contributed by atoms with Crippen LogP contribution in [0.4, 0.5) is 0 Å². The molecule has 3 aromatic rings. The molecule has 2 heterocycles. The second-order valence-electron chi connectivity index (χ2n) is 6.23. The Morgan fingerprint density at radius 3 is 2.18 bits per heavy atom. The molecule has 0 bridgehead atoms. The molecule has 0 saturated heterocycles. The van der Waals surface area contributed by atoms with Crippen molar-refractivity contribution < 1.29 is 14.2 Å². The minimum Gasteiger partial charge on any atom is -0.493 e. The van der Waals surface area contributed by atoms with E-state index in [0.717, 1.165) is 27.7 Å². The minimum atomic E-state index is 0.533. The van der Waals surface area contributed by atoms with Gasteiger partial charge in [0.15, 0.2) is 17.3 Å². The number of aryl methyl sites for hydroxylation is 1. The highest BCUT2D eigenvalue weighted by molar-refractivity contribution is 7.99. The van der Waals surface area contributed by atoms with Gasteiger partial charge in [-0.05, 0) is 24.6 Å². The van der Waals surface area contributed by atoms with Gasteiger partial charge < -0.3 is 14.2 Å². The van der Waals surface area contributed by atoms with E-state index in [-0.39, 0.29) is 0 Å². The number of hydrogen-bond donors (Lipinski definition) is 0. The molecule has 1 aliphatic rings. The molecule has 7 nitrogen and oxygen atoms in total. The summed E-state index contributed by atoms with van der Waals surface area (Å²) >= 11 is 1.61. The van der Waals surface area contributed by atoms with E-state index >= 15 is 0 Å². The van der Waals surface area contributed by atoms with Crippen LogP contribution in [0, 0.1) is 6.92 Å². The lowest BCUT2D eigenvalue weighted by Crippen LogP contribution is -2.13. The quantitative estimate of drug-likeness (QED) is 0.656. The number of methoxy groups -OCH3 is 3. The van der Waals surface area contributed by atoms with Gasteiger partial charge in [-0.15, -0.1) is 10.2 Å². The van der Waals surface area contributed by atoms with Gasteiger partial charge in [0.1, 0.15) is 0 Å². The zero-order valence-corrected chi connectivity index (χ0v) is 16.9. The summed E-state index contributed by atoms with van der Waals surface area (Å²) in [5.74, 6) is 3.01. The lowest BCUT2D eigenvalue weighted by molar-refractivity contribution is 0.324. The van der Waals surface area contributed by atoms with E-state index in [9.17, 15) is 0 Å². The van der Waals surface area contributed by atoms with Crippen LogP contribution in [0.25, 0.3) is 11.4 Å². The molecule has 8 heteroatoms. The average molecular weight is 396 g/mol. The predicted molar refractivity (Wildman–Crippen MR) is 109 cm³/mol. The molecule has 0 fully saturated rings. The maximum atomic E-state index is 5.46. The van der Waals surface area contributed by atoms with E-state index < -0.39 is 0 Å². The first kappa shape index (κ1) is 18.4. The lowest BCUT2D eigenvalue weighted by Gasteiger charge is -2.16. The third-order valence-electron chi connectivity index (χ3n) is 4.48. The average Bonchev–Trinajstić information content (AvgIpc) is 3.16. The van der Waals surface area contributed by atoms with Crippen molar-refractivity contribution >= 4 is 17.5 Å². The highest BCUT2D eigenvalue weighted by Gasteiger charge is 2.23. The Hall–Kier alpha value is -3.00. The van der Waals surface area contributed by atoms with Crippen LogP contribution >= 0.6 is 11.8 Å². The normalized spacial score (nSPS) is 12.9. The Morgan fingerprint density at radius 2 is 1.57 bits per heavy atom. The SMILES string of the molecule is COc1cc(-c2nnc3n2N=C(c2ccc(C)cc2)CS3)cc(OC)c1OC. The zero-order chi connectivity index (χ0) is 19.7. The molecule has 0 aliphatic carbocycles. The number of ether oxygens (including phenoxy) is 3. The summed E-state index contributed by atoms with van der Waals surface area (Å²) in [4.78, 5) is 0. The largest absolute Gasteiger partial charge is 0.493 e. The number of thioether (sulfide) groups is 1. The third kappa shape index (κ3) is 3.20. The third-order valence-corrected chi connectivity index (χ3v) is 5.41. The van der Waals surface area contributed by atoms with Gasteiger partial charge >= 0.3 is 0 Å². The van der Waals surface area contributed by atoms with Crippen LogP contribution in [0.15, 0.2) is 46.7 Å². The smallest absolute Gasteiger partial charge is 0.212 e. The fourth-order valence-electron chi connectivity index (χ4n) is 3.01. The van der Waals surface area contributed by atoms with Crippen LogP contribution in [0.2, 0.25) is 0 Å². The summed E-state index contributed by atoms with van der Waals surface area (Å²) < 4.78 is 18.1. The van der Waals surface area contributed by atoms with Gasteiger partial charge in [0.2, 0.25) is 10.9 Å². The molecule has 0 amide bonds. The highest BCUT2D eigenvalue weighted by atomic mass is 32.2. The van der Waals surface area contributed by atoms with Crippen molar-refractivity contribution in [2.75, 3.05) is 27.1 Å². The maximum Gasteiger partial charge on any atom is 0.212 e. The van der Waals surface area contributed by atoms with Crippen molar-refractivity contribution in [3.05, 3.63) is 47.5 Å². The molecule has 28 heavy (non-hydrogen) atoms. The summed E-state index contributed by atoms with van der Waals surface area (Å²) in [6.45, 7) is 2.07. The van der Waals surface area contributed by atoms with Crippen LogP contribution in [0.1, 0.15) is 11.1 Å².